The molecule has 2 aromatic carbocycles. The van der Waals surface area contributed by atoms with E-state index in [1.807, 2.05) is 43.3 Å². The number of ether oxygens (including phenoxy) is 2. The number of quaternary nitrogens is 1. The average molecular weight is 395 g/mol. The Morgan fingerprint density at radius 3 is 2.59 bits per heavy atom. The molecule has 3 aromatic rings. The molecule has 1 amide bonds. The van der Waals surface area contributed by atoms with Crippen molar-refractivity contribution >= 4 is 16.9 Å². The molecule has 1 aromatic heterocycles. The summed E-state index contributed by atoms with van der Waals surface area (Å²) in [6.45, 7) is 4.09. The molecule has 2 atom stereocenters. The van der Waals surface area contributed by atoms with Gasteiger partial charge in [-0.2, -0.15) is 0 Å². The highest BCUT2D eigenvalue weighted by molar-refractivity contribution is 5.79. The van der Waals surface area contributed by atoms with Crippen LogP contribution in [-0.2, 0) is 17.8 Å². The Hall–Kier alpha value is -2.99. The number of rotatable bonds is 6. The predicted octanol–water partition coefficient (Wildman–Crippen LogP) is 2.27. The van der Waals surface area contributed by atoms with E-state index in [0.717, 1.165) is 47.7 Å². The highest BCUT2D eigenvalue weighted by Crippen LogP contribution is 2.31. The van der Waals surface area contributed by atoms with Crippen LogP contribution in [0.1, 0.15) is 29.9 Å². The fraction of sp³-hybridized carbons (Fsp3) is 0.348. The number of methoxy groups -OCH3 is 2. The van der Waals surface area contributed by atoms with Gasteiger partial charge in [0.1, 0.15) is 17.9 Å². The van der Waals surface area contributed by atoms with Crippen LogP contribution in [0.5, 0.6) is 11.5 Å². The van der Waals surface area contributed by atoms with E-state index in [-0.39, 0.29) is 11.9 Å². The molecule has 6 heteroatoms. The van der Waals surface area contributed by atoms with Gasteiger partial charge in [-0.25, -0.2) is 0 Å². The van der Waals surface area contributed by atoms with Crippen molar-refractivity contribution < 1.29 is 23.6 Å². The molecule has 0 saturated carbocycles. The summed E-state index contributed by atoms with van der Waals surface area (Å²) < 4.78 is 16.7. The molecule has 1 aliphatic rings. The van der Waals surface area contributed by atoms with Gasteiger partial charge >= 0.3 is 0 Å². The largest absolute Gasteiger partial charge is 0.493 e. The second-order valence-corrected chi connectivity index (χ2v) is 7.56. The minimum Gasteiger partial charge on any atom is -0.493 e. The molecule has 2 heterocycles. The van der Waals surface area contributed by atoms with E-state index < -0.39 is 0 Å². The Morgan fingerprint density at radius 2 is 1.86 bits per heavy atom. The molecule has 0 saturated heterocycles. The first-order valence-corrected chi connectivity index (χ1v) is 9.92. The Kier molecular flexibility index (Phi) is 5.45. The van der Waals surface area contributed by atoms with Gasteiger partial charge in [-0.1, -0.05) is 18.2 Å². The van der Waals surface area contributed by atoms with Crippen LogP contribution in [-0.4, -0.2) is 33.2 Å². The van der Waals surface area contributed by atoms with Crippen LogP contribution >= 0.6 is 0 Å². The van der Waals surface area contributed by atoms with Crippen molar-refractivity contribution in [1.82, 2.24) is 5.32 Å². The number of carbonyl (C=O) groups is 1. The van der Waals surface area contributed by atoms with Crippen LogP contribution in [0.25, 0.3) is 11.0 Å². The molecule has 0 spiro atoms. The Balaban J connectivity index is 1.39. The molecule has 2 N–H and O–H groups in total. The zero-order valence-electron chi connectivity index (χ0n) is 17.1. The van der Waals surface area contributed by atoms with Gasteiger partial charge in [0.15, 0.2) is 18.0 Å². The molecule has 6 nitrogen and oxygen atoms in total. The van der Waals surface area contributed by atoms with Crippen LogP contribution in [0.15, 0.2) is 46.9 Å². The quantitative estimate of drug-likeness (QED) is 0.672. The number of fused-ring (bicyclic) bond motifs is 2. The van der Waals surface area contributed by atoms with E-state index in [0.29, 0.717) is 6.54 Å². The third kappa shape index (κ3) is 4.07. The van der Waals surface area contributed by atoms with E-state index in [1.165, 1.54) is 16.0 Å². The van der Waals surface area contributed by atoms with Crippen molar-refractivity contribution in [2.45, 2.75) is 25.9 Å². The Bertz CT molecular complexity index is 994. The summed E-state index contributed by atoms with van der Waals surface area (Å²) in [6, 6.07) is 13.8. The number of carbonyl (C=O) groups excluding carboxylic acids is 1. The van der Waals surface area contributed by atoms with Crippen molar-refractivity contribution in [3.8, 4) is 11.5 Å². The first kappa shape index (κ1) is 19.3. The van der Waals surface area contributed by atoms with Gasteiger partial charge in [0, 0.05) is 17.4 Å². The number of amides is 1. The van der Waals surface area contributed by atoms with E-state index >= 15 is 0 Å². The highest BCUT2D eigenvalue weighted by Gasteiger charge is 2.25. The van der Waals surface area contributed by atoms with Gasteiger partial charge in [-0.15, -0.1) is 0 Å². The number of benzene rings is 2. The van der Waals surface area contributed by atoms with Gasteiger partial charge in [-0.05, 0) is 36.8 Å². The van der Waals surface area contributed by atoms with Crippen molar-refractivity contribution in [1.29, 1.82) is 0 Å². The molecule has 29 heavy (non-hydrogen) atoms. The molecule has 0 fully saturated rings. The minimum absolute atomic E-state index is 0.0249. The lowest BCUT2D eigenvalue weighted by molar-refractivity contribution is -0.908. The standard InChI is InChI=1S/C23H26N2O4/c1-15(20-11-17-6-4-5-7-19(17)29-20)24-23(26)14-25-9-8-16-10-21(27-2)22(28-3)12-18(16)13-25/h4-7,10-12,15H,8-9,13-14H2,1-3H3,(H,24,26)/p+1/t15-/m1/s1. The summed E-state index contributed by atoms with van der Waals surface area (Å²) >= 11 is 0. The zero-order chi connectivity index (χ0) is 20.4. The molecule has 152 valence electrons. The summed E-state index contributed by atoms with van der Waals surface area (Å²) in [5.41, 5.74) is 3.32. The summed E-state index contributed by atoms with van der Waals surface area (Å²) in [5, 5.41) is 4.12. The third-order valence-corrected chi connectivity index (χ3v) is 5.55. The molecular weight excluding hydrogens is 368 g/mol. The lowest BCUT2D eigenvalue weighted by Gasteiger charge is -2.26. The Morgan fingerprint density at radius 1 is 1.14 bits per heavy atom. The topological polar surface area (TPSA) is 65.1 Å². The molecule has 0 bridgehead atoms. The molecular formula is C23H27N2O4+. The molecule has 1 unspecified atom stereocenters. The zero-order valence-corrected chi connectivity index (χ0v) is 17.1. The van der Waals surface area contributed by atoms with Gasteiger partial charge in [0.05, 0.1) is 26.8 Å². The first-order chi connectivity index (χ1) is 14.1. The summed E-state index contributed by atoms with van der Waals surface area (Å²) in [7, 11) is 3.29. The maximum absolute atomic E-state index is 12.6. The van der Waals surface area contributed by atoms with Gasteiger partial charge in [0.2, 0.25) is 0 Å². The third-order valence-electron chi connectivity index (χ3n) is 5.55. The monoisotopic (exact) mass is 395 g/mol. The maximum Gasteiger partial charge on any atom is 0.275 e. The van der Waals surface area contributed by atoms with Crippen LogP contribution in [0.4, 0.5) is 0 Å². The number of hydrogen-bond acceptors (Lipinski definition) is 4. The molecule has 4 rings (SSSR count). The number of nitrogens with one attached hydrogen (secondary N) is 2. The fourth-order valence-electron chi connectivity index (χ4n) is 3.99. The van der Waals surface area contributed by atoms with E-state index in [2.05, 4.69) is 11.4 Å². The van der Waals surface area contributed by atoms with E-state index in [9.17, 15) is 4.79 Å². The second-order valence-electron chi connectivity index (χ2n) is 7.56. The highest BCUT2D eigenvalue weighted by atomic mass is 16.5. The summed E-state index contributed by atoms with van der Waals surface area (Å²) in [6.07, 6.45) is 0.914. The average Bonchev–Trinajstić information content (AvgIpc) is 3.17. The Labute approximate surface area is 170 Å². The lowest BCUT2D eigenvalue weighted by Crippen LogP contribution is -3.12. The predicted molar refractivity (Wildman–Crippen MR) is 110 cm³/mol. The minimum atomic E-state index is -0.171. The van der Waals surface area contributed by atoms with Crippen molar-refractivity contribution in [3.63, 3.8) is 0 Å². The lowest BCUT2D eigenvalue weighted by atomic mass is 9.99. The SMILES string of the molecule is COc1cc2c(cc1OC)C[NH+](CC(=O)N[C@H](C)c1cc3ccccc3o1)CC2. The molecule has 1 aliphatic heterocycles. The summed E-state index contributed by atoms with van der Waals surface area (Å²) in [4.78, 5) is 13.9. The fourth-order valence-corrected chi connectivity index (χ4v) is 3.99. The van der Waals surface area contributed by atoms with Crippen molar-refractivity contribution in [2.75, 3.05) is 27.3 Å². The van der Waals surface area contributed by atoms with Gasteiger partial charge in [0.25, 0.3) is 5.91 Å². The van der Waals surface area contributed by atoms with Crippen LogP contribution in [0.2, 0.25) is 0 Å². The number of hydrogen-bond donors (Lipinski definition) is 2. The van der Waals surface area contributed by atoms with Crippen LogP contribution in [0.3, 0.4) is 0 Å². The van der Waals surface area contributed by atoms with Gasteiger partial charge in [-0.3, -0.25) is 4.79 Å². The van der Waals surface area contributed by atoms with Crippen LogP contribution < -0.4 is 19.7 Å². The number of para-hydroxylation sites is 1. The van der Waals surface area contributed by atoms with E-state index in [1.54, 1.807) is 14.2 Å². The maximum atomic E-state index is 12.6. The molecule has 0 aliphatic carbocycles. The van der Waals surface area contributed by atoms with Crippen molar-refractivity contribution in [2.24, 2.45) is 0 Å². The molecule has 0 radical (unpaired) electrons. The first-order valence-electron chi connectivity index (χ1n) is 9.92. The van der Waals surface area contributed by atoms with Gasteiger partial charge < -0.3 is 24.1 Å². The van der Waals surface area contributed by atoms with E-state index in [4.69, 9.17) is 13.9 Å². The number of furan rings is 1. The van der Waals surface area contributed by atoms with Crippen molar-refractivity contribution in [3.05, 3.63) is 59.4 Å². The van der Waals surface area contributed by atoms with Crippen LogP contribution in [0, 0.1) is 0 Å². The summed E-state index contributed by atoms with van der Waals surface area (Å²) in [5.74, 6) is 2.29. The second kappa shape index (κ2) is 8.17. The normalized spacial score (nSPS) is 16.9. The smallest absolute Gasteiger partial charge is 0.275 e.